The standard InChI is InChI=1S/C27H18BrNO6/c1-34-17-6-4-5-14(13-17)22-20-21(26(33)29(25(20)32)16-11-9-15(28)10-12-16)27(35-22)23(30)18-7-2-3-8-19(18)24(27)31/h2-13,20-22H,1H3/t20-,21+,22+/m1/s1. The van der Waals surface area contributed by atoms with Crippen molar-refractivity contribution in [1.82, 2.24) is 0 Å². The van der Waals surface area contributed by atoms with Gasteiger partial charge in [0.25, 0.3) is 0 Å². The quantitative estimate of drug-likeness (QED) is 0.372. The molecular formula is C27H18BrNO6. The molecule has 3 aromatic carbocycles. The Morgan fingerprint density at radius 2 is 1.51 bits per heavy atom. The number of ketones is 2. The molecule has 174 valence electrons. The Hall–Kier alpha value is -3.62. The molecule has 6 rings (SSSR count). The molecular weight excluding hydrogens is 514 g/mol. The molecule has 1 aliphatic carbocycles. The Morgan fingerprint density at radius 3 is 2.14 bits per heavy atom. The number of rotatable bonds is 3. The highest BCUT2D eigenvalue weighted by Gasteiger charge is 2.74. The van der Waals surface area contributed by atoms with Crippen LogP contribution in [0.15, 0.2) is 77.3 Å². The zero-order valence-corrected chi connectivity index (χ0v) is 20.0. The van der Waals surface area contributed by atoms with Crippen LogP contribution < -0.4 is 9.64 Å². The van der Waals surface area contributed by atoms with Crippen LogP contribution in [0.4, 0.5) is 5.69 Å². The molecule has 0 N–H and O–H groups in total. The molecule has 3 aromatic rings. The van der Waals surface area contributed by atoms with Crippen molar-refractivity contribution >= 4 is 45.0 Å². The van der Waals surface area contributed by atoms with Crippen LogP contribution in [0.2, 0.25) is 0 Å². The number of anilines is 1. The van der Waals surface area contributed by atoms with E-state index in [1.165, 1.54) is 7.11 Å². The molecule has 8 heteroatoms. The van der Waals surface area contributed by atoms with E-state index in [1.807, 2.05) is 0 Å². The Kier molecular flexibility index (Phi) is 4.81. The fourth-order valence-electron chi connectivity index (χ4n) is 5.48. The molecule has 0 radical (unpaired) electrons. The molecule has 2 saturated heterocycles. The van der Waals surface area contributed by atoms with Gasteiger partial charge in [-0.2, -0.15) is 0 Å². The number of imide groups is 1. The van der Waals surface area contributed by atoms with Gasteiger partial charge in [0.15, 0.2) is 0 Å². The molecule has 0 aromatic heterocycles. The number of amides is 2. The summed E-state index contributed by atoms with van der Waals surface area (Å²) in [5.74, 6) is -4.12. The van der Waals surface area contributed by atoms with Gasteiger partial charge in [-0.3, -0.25) is 19.2 Å². The lowest BCUT2D eigenvalue weighted by molar-refractivity contribution is -0.127. The molecule has 1 spiro atoms. The van der Waals surface area contributed by atoms with Crippen molar-refractivity contribution in [1.29, 1.82) is 0 Å². The monoisotopic (exact) mass is 531 g/mol. The maximum Gasteiger partial charge on any atom is 0.241 e. The molecule has 35 heavy (non-hydrogen) atoms. The van der Waals surface area contributed by atoms with Gasteiger partial charge in [0.1, 0.15) is 5.75 Å². The molecule has 0 saturated carbocycles. The number of methoxy groups -OCH3 is 1. The first-order chi connectivity index (χ1) is 16.9. The predicted molar refractivity (Wildman–Crippen MR) is 128 cm³/mol. The minimum atomic E-state index is -2.10. The summed E-state index contributed by atoms with van der Waals surface area (Å²) >= 11 is 3.36. The van der Waals surface area contributed by atoms with Gasteiger partial charge in [0, 0.05) is 15.6 Å². The van der Waals surface area contributed by atoms with Gasteiger partial charge in [-0.05, 0) is 42.0 Å². The lowest BCUT2D eigenvalue weighted by Gasteiger charge is -2.27. The van der Waals surface area contributed by atoms with Crippen molar-refractivity contribution in [2.24, 2.45) is 11.8 Å². The maximum absolute atomic E-state index is 13.9. The van der Waals surface area contributed by atoms with Crippen molar-refractivity contribution in [3.8, 4) is 5.75 Å². The van der Waals surface area contributed by atoms with E-state index in [4.69, 9.17) is 9.47 Å². The number of carbonyl (C=O) groups excluding carboxylic acids is 4. The maximum atomic E-state index is 13.9. The van der Waals surface area contributed by atoms with Gasteiger partial charge in [0.05, 0.1) is 30.7 Å². The topological polar surface area (TPSA) is 90.0 Å². The highest BCUT2D eigenvalue weighted by Crippen LogP contribution is 2.57. The van der Waals surface area contributed by atoms with Crippen LogP contribution in [0.25, 0.3) is 0 Å². The summed E-state index contributed by atoms with van der Waals surface area (Å²) in [5, 5.41) is 0. The number of Topliss-reactive ketones (excluding diaryl/α,β-unsaturated/α-hetero) is 2. The smallest absolute Gasteiger partial charge is 0.241 e. The summed E-state index contributed by atoms with van der Waals surface area (Å²) in [6.45, 7) is 0. The molecule has 2 aliphatic heterocycles. The van der Waals surface area contributed by atoms with Crippen LogP contribution in [0.1, 0.15) is 32.4 Å². The van der Waals surface area contributed by atoms with Gasteiger partial charge in [0.2, 0.25) is 29.0 Å². The van der Waals surface area contributed by atoms with Gasteiger partial charge in [-0.15, -0.1) is 0 Å². The number of nitrogens with zero attached hydrogens (tertiary/aromatic N) is 1. The van der Waals surface area contributed by atoms with Crippen molar-refractivity contribution in [3.05, 3.63) is 94.0 Å². The van der Waals surface area contributed by atoms with E-state index in [-0.39, 0.29) is 11.1 Å². The SMILES string of the molecule is COc1cccc([C@@H]2OC3(C(=O)c4ccccc4C3=O)[C@@H]3C(=O)N(c4ccc(Br)cc4)C(=O)[C@H]32)c1. The third-order valence-electron chi connectivity index (χ3n) is 7.03. The summed E-state index contributed by atoms with van der Waals surface area (Å²) in [4.78, 5) is 56.3. The number of carbonyl (C=O) groups is 4. The minimum absolute atomic E-state index is 0.199. The molecule has 0 bridgehead atoms. The highest BCUT2D eigenvalue weighted by molar-refractivity contribution is 9.10. The number of ether oxygens (including phenoxy) is 2. The number of benzene rings is 3. The Balaban J connectivity index is 1.54. The third kappa shape index (κ3) is 2.87. The zero-order chi connectivity index (χ0) is 24.5. The summed E-state index contributed by atoms with van der Waals surface area (Å²) in [6, 6.07) is 20.0. The highest BCUT2D eigenvalue weighted by atomic mass is 79.9. The molecule has 7 nitrogen and oxygen atoms in total. The first kappa shape index (κ1) is 21.9. The molecule has 2 heterocycles. The fourth-order valence-corrected chi connectivity index (χ4v) is 5.75. The number of fused-ring (bicyclic) bond motifs is 3. The molecule has 3 aliphatic rings. The lowest BCUT2D eigenvalue weighted by atomic mass is 9.77. The van der Waals surface area contributed by atoms with Crippen molar-refractivity contribution in [2.45, 2.75) is 11.7 Å². The van der Waals surface area contributed by atoms with Crippen LogP contribution in [-0.4, -0.2) is 36.1 Å². The van der Waals surface area contributed by atoms with Crippen LogP contribution in [0.5, 0.6) is 5.75 Å². The van der Waals surface area contributed by atoms with Crippen LogP contribution in [0.3, 0.4) is 0 Å². The van der Waals surface area contributed by atoms with Gasteiger partial charge < -0.3 is 9.47 Å². The van der Waals surface area contributed by atoms with E-state index >= 15 is 0 Å². The largest absolute Gasteiger partial charge is 0.497 e. The third-order valence-corrected chi connectivity index (χ3v) is 7.55. The fraction of sp³-hybridized carbons (Fsp3) is 0.185. The second-order valence-electron chi connectivity index (χ2n) is 8.75. The molecule has 2 fully saturated rings. The van der Waals surface area contributed by atoms with E-state index in [0.29, 0.717) is 17.0 Å². The van der Waals surface area contributed by atoms with E-state index in [0.717, 1.165) is 9.37 Å². The van der Waals surface area contributed by atoms with Crippen LogP contribution in [-0.2, 0) is 14.3 Å². The average molecular weight is 532 g/mol. The predicted octanol–water partition coefficient (Wildman–Crippen LogP) is 4.15. The summed E-state index contributed by atoms with van der Waals surface area (Å²) in [7, 11) is 1.51. The van der Waals surface area contributed by atoms with Crippen LogP contribution in [0, 0.1) is 11.8 Å². The minimum Gasteiger partial charge on any atom is -0.497 e. The van der Waals surface area contributed by atoms with Crippen molar-refractivity contribution < 1.29 is 28.7 Å². The second kappa shape index (κ2) is 7.69. The van der Waals surface area contributed by atoms with E-state index < -0.39 is 46.9 Å². The van der Waals surface area contributed by atoms with Crippen molar-refractivity contribution in [2.75, 3.05) is 12.0 Å². The van der Waals surface area contributed by atoms with E-state index in [1.54, 1.807) is 72.8 Å². The number of halogens is 1. The van der Waals surface area contributed by atoms with Gasteiger partial charge in [-0.25, -0.2) is 4.90 Å². The Morgan fingerprint density at radius 1 is 0.857 bits per heavy atom. The first-order valence-electron chi connectivity index (χ1n) is 11.0. The first-order valence-corrected chi connectivity index (χ1v) is 11.8. The number of hydrogen-bond acceptors (Lipinski definition) is 6. The van der Waals surface area contributed by atoms with Crippen molar-refractivity contribution in [3.63, 3.8) is 0 Å². The lowest BCUT2D eigenvalue weighted by Crippen LogP contribution is -2.51. The summed E-state index contributed by atoms with van der Waals surface area (Å²) < 4.78 is 12.4. The van der Waals surface area contributed by atoms with Gasteiger partial charge >= 0.3 is 0 Å². The van der Waals surface area contributed by atoms with E-state index in [9.17, 15) is 19.2 Å². The van der Waals surface area contributed by atoms with Gasteiger partial charge in [-0.1, -0.05) is 52.3 Å². The zero-order valence-electron chi connectivity index (χ0n) is 18.4. The van der Waals surface area contributed by atoms with E-state index in [2.05, 4.69) is 15.9 Å². The average Bonchev–Trinajstić information content (AvgIpc) is 3.45. The second-order valence-corrected chi connectivity index (χ2v) is 9.66. The molecule has 2 amide bonds. The summed E-state index contributed by atoms with van der Waals surface area (Å²) in [5.41, 5.74) is -0.784. The summed E-state index contributed by atoms with van der Waals surface area (Å²) in [6.07, 6.45) is -0.991. The Bertz CT molecular complexity index is 1400. The molecule has 3 atom stereocenters. The molecule has 0 unspecified atom stereocenters. The number of hydrogen-bond donors (Lipinski definition) is 0. The van der Waals surface area contributed by atoms with Crippen LogP contribution >= 0.6 is 15.9 Å². The Labute approximate surface area is 208 Å². The normalized spacial score (nSPS) is 24.3.